The molecule has 2 aromatic heterocycles. The maximum atomic E-state index is 13.8. The molecule has 2 aliphatic heterocycles. The van der Waals surface area contributed by atoms with Crippen molar-refractivity contribution in [3.8, 4) is 0 Å². The highest BCUT2D eigenvalue weighted by molar-refractivity contribution is 9.10. The van der Waals surface area contributed by atoms with Crippen molar-refractivity contribution in [3.05, 3.63) is 47.0 Å². The number of imidazole rings is 1. The van der Waals surface area contributed by atoms with Crippen LogP contribution in [0.25, 0.3) is 11.2 Å². The molecule has 9 heteroatoms. The normalized spacial score (nSPS) is 19.2. The van der Waals surface area contributed by atoms with Crippen molar-refractivity contribution < 1.29 is 4.79 Å². The van der Waals surface area contributed by atoms with Crippen LogP contribution >= 0.6 is 15.9 Å². The Morgan fingerprint density at radius 3 is 2.47 bits per heavy atom. The molecule has 2 fully saturated rings. The van der Waals surface area contributed by atoms with E-state index in [1.54, 1.807) is 12.7 Å². The highest BCUT2D eigenvalue weighted by Crippen LogP contribution is 2.36. The van der Waals surface area contributed by atoms with Gasteiger partial charge in [0.25, 0.3) is 0 Å². The van der Waals surface area contributed by atoms with Crippen LogP contribution in [0.5, 0.6) is 0 Å². The number of H-pyrrole nitrogens is 1. The summed E-state index contributed by atoms with van der Waals surface area (Å²) in [7, 11) is 0. The molecule has 8 nitrogen and oxygen atoms in total. The van der Waals surface area contributed by atoms with Gasteiger partial charge in [-0.15, -0.1) is 0 Å². The van der Waals surface area contributed by atoms with Gasteiger partial charge in [0.05, 0.1) is 11.7 Å². The SMILES string of the molecule is O=C(N1CCN(c2ncnc3nc[nH]c23)CC1)C1(c2ccc(Br)cc2)CCNCC1. The number of carbonyl (C=O) groups is 1. The van der Waals surface area contributed by atoms with E-state index in [0.717, 1.165) is 60.4 Å². The molecule has 3 aromatic rings. The van der Waals surface area contributed by atoms with Crippen molar-refractivity contribution in [2.45, 2.75) is 18.3 Å². The van der Waals surface area contributed by atoms with Gasteiger partial charge in [0.2, 0.25) is 5.91 Å². The fourth-order valence-electron chi connectivity index (χ4n) is 4.66. The second kappa shape index (κ2) is 7.96. The summed E-state index contributed by atoms with van der Waals surface area (Å²) in [4.78, 5) is 34.1. The quantitative estimate of drug-likeness (QED) is 0.610. The number of carbonyl (C=O) groups excluding carboxylic acids is 1. The number of nitrogens with one attached hydrogen (secondary N) is 2. The van der Waals surface area contributed by atoms with Gasteiger partial charge in [-0.2, -0.15) is 0 Å². The minimum Gasteiger partial charge on any atom is -0.351 e. The van der Waals surface area contributed by atoms with E-state index < -0.39 is 5.41 Å². The topological polar surface area (TPSA) is 90.0 Å². The van der Waals surface area contributed by atoms with E-state index in [0.29, 0.717) is 18.7 Å². The van der Waals surface area contributed by atoms with Gasteiger partial charge in [-0.1, -0.05) is 28.1 Å². The number of piperazine rings is 1. The van der Waals surface area contributed by atoms with Gasteiger partial charge in [-0.3, -0.25) is 4.79 Å². The van der Waals surface area contributed by atoms with E-state index in [4.69, 9.17) is 0 Å². The third kappa shape index (κ3) is 3.35. The molecule has 0 saturated carbocycles. The molecule has 1 aromatic carbocycles. The van der Waals surface area contributed by atoms with E-state index in [1.165, 1.54) is 0 Å². The molecule has 5 rings (SSSR count). The fourth-order valence-corrected chi connectivity index (χ4v) is 4.93. The van der Waals surface area contributed by atoms with E-state index in [9.17, 15) is 4.79 Å². The van der Waals surface area contributed by atoms with Crippen LogP contribution in [0.4, 0.5) is 5.82 Å². The Bertz CT molecular complexity index is 1040. The molecule has 2 saturated heterocycles. The lowest BCUT2D eigenvalue weighted by atomic mass is 9.72. The Morgan fingerprint density at radius 2 is 1.73 bits per heavy atom. The van der Waals surface area contributed by atoms with Crippen molar-refractivity contribution in [1.29, 1.82) is 0 Å². The van der Waals surface area contributed by atoms with Gasteiger partial charge >= 0.3 is 0 Å². The Hall–Kier alpha value is -2.52. The summed E-state index contributed by atoms with van der Waals surface area (Å²) in [5.41, 5.74) is 2.19. The summed E-state index contributed by atoms with van der Waals surface area (Å²) in [6.07, 6.45) is 4.85. The maximum absolute atomic E-state index is 13.8. The second-order valence-electron chi connectivity index (χ2n) is 7.92. The third-order valence-corrected chi connectivity index (χ3v) is 6.86. The van der Waals surface area contributed by atoms with Crippen LogP contribution in [0.2, 0.25) is 0 Å². The van der Waals surface area contributed by atoms with E-state index >= 15 is 0 Å². The average molecular weight is 470 g/mol. The number of piperidine rings is 1. The largest absolute Gasteiger partial charge is 0.351 e. The van der Waals surface area contributed by atoms with E-state index in [2.05, 4.69) is 58.2 Å². The number of amides is 1. The van der Waals surface area contributed by atoms with Crippen molar-refractivity contribution in [2.75, 3.05) is 44.2 Å². The number of halogens is 1. The Balaban J connectivity index is 1.36. The van der Waals surface area contributed by atoms with Gasteiger partial charge < -0.3 is 20.1 Å². The molecule has 0 atom stereocenters. The summed E-state index contributed by atoms with van der Waals surface area (Å²) in [5.74, 6) is 1.11. The standard InChI is InChI=1S/C21H24BrN7O/c22-16-3-1-15(2-4-16)21(5-7-23-8-6-21)20(30)29-11-9-28(10-12-29)19-17-18(25-13-24-17)26-14-27-19/h1-4,13-14,23H,5-12H2,(H,24,25,26,27). The summed E-state index contributed by atoms with van der Waals surface area (Å²) in [5, 5.41) is 3.41. The number of rotatable bonds is 3. The molecule has 2 N–H and O–H groups in total. The summed E-state index contributed by atoms with van der Waals surface area (Å²) in [6.45, 7) is 4.58. The summed E-state index contributed by atoms with van der Waals surface area (Å²) < 4.78 is 1.03. The number of hydrogen-bond donors (Lipinski definition) is 2. The van der Waals surface area contributed by atoms with Crippen molar-refractivity contribution in [3.63, 3.8) is 0 Å². The number of aromatic nitrogens is 4. The van der Waals surface area contributed by atoms with Gasteiger partial charge in [-0.05, 0) is 43.6 Å². The summed E-state index contributed by atoms with van der Waals surface area (Å²) in [6, 6.07) is 8.27. The van der Waals surface area contributed by atoms with Crippen molar-refractivity contribution >= 4 is 38.8 Å². The van der Waals surface area contributed by atoms with Crippen LogP contribution in [-0.2, 0) is 10.2 Å². The first-order chi connectivity index (χ1) is 14.7. The zero-order chi connectivity index (χ0) is 20.6. The highest BCUT2D eigenvalue weighted by Gasteiger charge is 2.44. The number of aromatic amines is 1. The average Bonchev–Trinajstić information content (AvgIpc) is 3.29. The smallest absolute Gasteiger partial charge is 0.233 e. The van der Waals surface area contributed by atoms with E-state index in [-0.39, 0.29) is 5.91 Å². The molecular weight excluding hydrogens is 446 g/mol. The minimum atomic E-state index is -0.445. The molecule has 1 amide bonds. The molecular formula is C21H24BrN7O. The van der Waals surface area contributed by atoms with Crippen LogP contribution < -0.4 is 10.2 Å². The van der Waals surface area contributed by atoms with Crippen LogP contribution in [0, 0.1) is 0 Å². The molecule has 2 aliphatic rings. The molecule has 0 unspecified atom stereocenters. The van der Waals surface area contributed by atoms with Gasteiger partial charge in [0, 0.05) is 30.7 Å². The maximum Gasteiger partial charge on any atom is 0.233 e. The zero-order valence-electron chi connectivity index (χ0n) is 16.6. The predicted molar refractivity (Wildman–Crippen MR) is 118 cm³/mol. The molecule has 30 heavy (non-hydrogen) atoms. The molecule has 0 aliphatic carbocycles. The Morgan fingerprint density at radius 1 is 1.00 bits per heavy atom. The Labute approximate surface area is 183 Å². The number of nitrogens with zero attached hydrogens (tertiary/aromatic N) is 5. The fraction of sp³-hybridized carbons (Fsp3) is 0.429. The monoisotopic (exact) mass is 469 g/mol. The van der Waals surface area contributed by atoms with Crippen molar-refractivity contribution in [2.24, 2.45) is 0 Å². The Kier molecular flexibility index (Phi) is 5.16. The minimum absolute atomic E-state index is 0.250. The van der Waals surface area contributed by atoms with Gasteiger partial charge in [0.15, 0.2) is 11.5 Å². The number of hydrogen-bond acceptors (Lipinski definition) is 6. The first-order valence-electron chi connectivity index (χ1n) is 10.3. The first kappa shape index (κ1) is 19.4. The molecule has 156 valence electrons. The zero-order valence-corrected chi connectivity index (χ0v) is 18.2. The lowest BCUT2D eigenvalue weighted by Gasteiger charge is -2.43. The number of fused-ring (bicyclic) bond motifs is 1. The molecule has 4 heterocycles. The van der Waals surface area contributed by atoms with E-state index in [1.807, 2.05) is 17.0 Å². The van der Waals surface area contributed by atoms with Crippen LogP contribution in [0.3, 0.4) is 0 Å². The second-order valence-corrected chi connectivity index (χ2v) is 8.83. The predicted octanol–water partition coefficient (Wildman–Crippen LogP) is 2.09. The number of benzene rings is 1. The molecule has 0 bridgehead atoms. The highest BCUT2D eigenvalue weighted by atomic mass is 79.9. The molecule has 0 radical (unpaired) electrons. The van der Waals surface area contributed by atoms with Crippen molar-refractivity contribution in [1.82, 2.24) is 30.2 Å². The summed E-state index contributed by atoms with van der Waals surface area (Å²) >= 11 is 3.51. The lowest BCUT2D eigenvalue weighted by Crippen LogP contribution is -2.57. The van der Waals surface area contributed by atoms with Gasteiger partial charge in [0.1, 0.15) is 11.8 Å². The van der Waals surface area contributed by atoms with Crippen LogP contribution in [0.1, 0.15) is 18.4 Å². The number of anilines is 1. The lowest BCUT2D eigenvalue weighted by molar-refractivity contribution is -0.139. The van der Waals surface area contributed by atoms with Crippen LogP contribution in [0.15, 0.2) is 41.4 Å². The first-order valence-corrected chi connectivity index (χ1v) is 11.1. The molecule has 0 spiro atoms. The van der Waals surface area contributed by atoms with Gasteiger partial charge in [-0.25, -0.2) is 15.0 Å². The van der Waals surface area contributed by atoms with Crippen LogP contribution in [-0.4, -0.2) is 70.0 Å². The third-order valence-electron chi connectivity index (χ3n) is 6.33.